The second-order valence-corrected chi connectivity index (χ2v) is 2.54. The van der Waals surface area contributed by atoms with Crippen LogP contribution >= 0.6 is 0 Å². The van der Waals surface area contributed by atoms with Crippen molar-refractivity contribution in [3.8, 4) is 5.75 Å². The van der Waals surface area contributed by atoms with Gasteiger partial charge in [0.1, 0.15) is 17.8 Å². The first-order valence-electron chi connectivity index (χ1n) is 3.80. The van der Waals surface area contributed by atoms with Gasteiger partial charge in [-0.2, -0.15) is 0 Å². The fourth-order valence-corrected chi connectivity index (χ4v) is 0.961. The van der Waals surface area contributed by atoms with Gasteiger partial charge >= 0.3 is 0 Å². The van der Waals surface area contributed by atoms with Gasteiger partial charge in [-0.1, -0.05) is 4.85 Å². The minimum absolute atomic E-state index is 0.0413. The molecule has 0 unspecified atom stereocenters. The van der Waals surface area contributed by atoms with Crippen LogP contribution in [-0.4, -0.2) is 9.94 Å². The summed E-state index contributed by atoms with van der Waals surface area (Å²) in [6, 6.07) is 4.40. The van der Waals surface area contributed by atoms with E-state index >= 15 is 0 Å². The molecule has 1 aromatic heterocycles. The smallest absolute Gasteiger partial charge is 0.163 e. The lowest BCUT2D eigenvalue weighted by Gasteiger charge is -2.03. The molecule has 0 atom stereocenters. The first-order valence-corrected chi connectivity index (χ1v) is 3.80. The van der Waals surface area contributed by atoms with Crippen molar-refractivity contribution in [1.29, 1.82) is 0 Å². The molecule has 0 aliphatic carbocycles. The van der Waals surface area contributed by atoms with E-state index in [2.05, 4.69) is 11.3 Å². The van der Waals surface area contributed by atoms with Crippen LogP contribution in [0.1, 0.15) is 0 Å². The zero-order valence-corrected chi connectivity index (χ0v) is 6.95. The maximum atomic E-state index is 12.7. The van der Waals surface area contributed by atoms with Crippen molar-refractivity contribution < 1.29 is 13.6 Å². The van der Waals surface area contributed by atoms with E-state index in [1.807, 2.05) is 0 Å². The molecule has 0 saturated heterocycles. The van der Waals surface area contributed by atoms with Crippen LogP contribution in [0.4, 0.5) is 8.78 Å². The van der Waals surface area contributed by atoms with Gasteiger partial charge in [-0.05, 0) is 6.07 Å². The Morgan fingerprint density at radius 3 is 2.50 bits per heavy atom. The van der Waals surface area contributed by atoms with E-state index < -0.39 is 11.6 Å². The second kappa shape index (κ2) is 3.45. The van der Waals surface area contributed by atoms with E-state index in [4.69, 9.17) is 4.84 Å². The average Bonchev–Trinajstić information content (AvgIpc) is 2.54. The summed E-state index contributed by atoms with van der Waals surface area (Å²) in [6.07, 6.45) is 3.94. The largest absolute Gasteiger partial charge is 0.358 e. The molecule has 1 radical (unpaired) electrons. The van der Waals surface area contributed by atoms with Gasteiger partial charge in [0.15, 0.2) is 5.75 Å². The van der Waals surface area contributed by atoms with E-state index in [-0.39, 0.29) is 5.75 Å². The van der Waals surface area contributed by atoms with Gasteiger partial charge < -0.3 is 4.84 Å². The molecule has 3 nitrogen and oxygen atoms in total. The zero-order valence-electron chi connectivity index (χ0n) is 6.95. The van der Waals surface area contributed by atoms with Crippen LogP contribution in [0.15, 0.2) is 30.5 Å². The predicted octanol–water partition coefficient (Wildman–Crippen LogP) is 1.80. The molecule has 0 saturated carbocycles. The molecule has 0 aliphatic rings. The highest BCUT2D eigenvalue weighted by Crippen LogP contribution is 2.15. The molecular weight excluding hydrogens is 190 g/mol. The summed E-state index contributed by atoms with van der Waals surface area (Å²) in [4.78, 5) is 6.02. The lowest BCUT2D eigenvalue weighted by Crippen LogP contribution is -2.05. The molecule has 0 fully saturated rings. The van der Waals surface area contributed by atoms with Crippen molar-refractivity contribution in [3.63, 3.8) is 0 Å². The monoisotopic (exact) mass is 195 g/mol. The predicted molar refractivity (Wildman–Crippen MR) is 43.4 cm³/mol. The highest BCUT2D eigenvalue weighted by atomic mass is 19.1. The highest BCUT2D eigenvalue weighted by molar-refractivity contribution is 5.23. The lowest BCUT2D eigenvalue weighted by atomic mass is 10.3. The third-order valence-electron chi connectivity index (χ3n) is 1.47. The second-order valence-electron chi connectivity index (χ2n) is 2.54. The van der Waals surface area contributed by atoms with Crippen LogP contribution in [0.2, 0.25) is 0 Å². The van der Waals surface area contributed by atoms with Crippen LogP contribution < -0.4 is 4.84 Å². The average molecular weight is 195 g/mol. The van der Waals surface area contributed by atoms with Gasteiger partial charge in [-0.3, -0.25) is 0 Å². The van der Waals surface area contributed by atoms with Gasteiger partial charge in [-0.15, -0.1) is 5.10 Å². The third kappa shape index (κ3) is 1.87. The van der Waals surface area contributed by atoms with Crippen molar-refractivity contribution in [3.05, 3.63) is 48.3 Å². The Balaban J connectivity index is 2.25. The van der Waals surface area contributed by atoms with Crippen LogP contribution in [-0.2, 0) is 0 Å². The maximum Gasteiger partial charge on any atom is 0.163 e. The van der Waals surface area contributed by atoms with Crippen molar-refractivity contribution >= 4 is 0 Å². The first kappa shape index (κ1) is 8.68. The maximum absolute atomic E-state index is 12.7. The minimum atomic E-state index is -0.698. The van der Waals surface area contributed by atoms with Gasteiger partial charge in [0.05, 0.1) is 6.20 Å². The Bertz CT molecular complexity index is 408. The van der Waals surface area contributed by atoms with Crippen molar-refractivity contribution in [2.75, 3.05) is 0 Å². The van der Waals surface area contributed by atoms with E-state index in [0.717, 1.165) is 23.0 Å². The van der Waals surface area contributed by atoms with E-state index in [0.29, 0.717) is 0 Å². The van der Waals surface area contributed by atoms with Crippen LogP contribution in [0.3, 0.4) is 0 Å². The topological polar surface area (TPSA) is 27.1 Å². The summed E-state index contributed by atoms with van der Waals surface area (Å²) >= 11 is 0. The summed E-state index contributed by atoms with van der Waals surface area (Å²) in [5.74, 6) is -1.35. The Kier molecular flexibility index (Phi) is 2.14. The molecule has 5 heteroatoms. The Morgan fingerprint density at radius 2 is 1.93 bits per heavy atom. The summed E-state index contributed by atoms with van der Waals surface area (Å²) in [5.41, 5.74) is 0. The molecule has 0 spiro atoms. The number of benzene rings is 1. The summed E-state index contributed by atoms with van der Waals surface area (Å²) in [5, 5.41) is 3.60. The number of hydrogen-bond donors (Lipinski definition) is 0. The van der Waals surface area contributed by atoms with E-state index in [1.54, 1.807) is 0 Å². The molecule has 0 bridgehead atoms. The molecule has 1 aromatic carbocycles. The summed E-state index contributed by atoms with van der Waals surface area (Å²) in [6.45, 7) is 0. The quantitative estimate of drug-likeness (QED) is 0.730. The molecule has 1 heterocycles. The molecule has 0 N–H and O–H groups in total. The molecule has 71 valence electrons. The normalized spacial score (nSPS) is 10.1. The number of nitrogens with zero attached hydrogens (tertiary/aromatic N) is 2. The van der Waals surface area contributed by atoms with Gasteiger partial charge in [0.2, 0.25) is 0 Å². The fraction of sp³-hybridized carbons (Fsp3) is 0. The van der Waals surface area contributed by atoms with E-state index in [9.17, 15) is 8.78 Å². The SMILES string of the molecule is Fc1cc(F)cc(On2cc[c]n2)c1. The summed E-state index contributed by atoms with van der Waals surface area (Å²) < 4.78 is 25.4. The van der Waals surface area contributed by atoms with Crippen molar-refractivity contribution in [2.45, 2.75) is 0 Å². The molecule has 2 aromatic rings. The Morgan fingerprint density at radius 1 is 1.21 bits per heavy atom. The van der Waals surface area contributed by atoms with Crippen molar-refractivity contribution in [1.82, 2.24) is 9.94 Å². The zero-order chi connectivity index (χ0) is 9.97. The van der Waals surface area contributed by atoms with E-state index in [1.165, 1.54) is 12.3 Å². The molecule has 14 heavy (non-hydrogen) atoms. The van der Waals surface area contributed by atoms with Gasteiger partial charge in [-0.25, -0.2) is 8.78 Å². The van der Waals surface area contributed by atoms with Gasteiger partial charge in [0, 0.05) is 18.2 Å². The van der Waals surface area contributed by atoms with Crippen LogP contribution in [0, 0.1) is 17.8 Å². The number of hydrogen-bond acceptors (Lipinski definition) is 2. The lowest BCUT2D eigenvalue weighted by molar-refractivity contribution is 0.177. The Hall–Kier alpha value is -1.91. The fourth-order valence-electron chi connectivity index (χ4n) is 0.961. The molecule has 2 rings (SSSR count). The van der Waals surface area contributed by atoms with Crippen LogP contribution in [0.25, 0.3) is 0 Å². The molecule has 0 amide bonds. The first-order chi connectivity index (χ1) is 6.74. The standard InChI is InChI=1S/C9H5F2N2O/c10-7-4-8(11)6-9(5-7)14-13-3-1-2-12-13/h1,3-6H. The van der Waals surface area contributed by atoms with Crippen LogP contribution in [0.5, 0.6) is 5.75 Å². The van der Waals surface area contributed by atoms with Crippen molar-refractivity contribution in [2.24, 2.45) is 0 Å². The summed E-state index contributed by atoms with van der Waals surface area (Å²) in [7, 11) is 0. The molecular formula is C9H5F2N2O. The number of halogens is 2. The minimum Gasteiger partial charge on any atom is -0.358 e. The third-order valence-corrected chi connectivity index (χ3v) is 1.47. The number of aromatic nitrogens is 2. The van der Waals surface area contributed by atoms with Gasteiger partial charge in [0.25, 0.3) is 0 Å². The Labute approximate surface area is 78.5 Å². The molecule has 0 aliphatic heterocycles. The number of rotatable bonds is 2. The highest BCUT2D eigenvalue weighted by Gasteiger charge is 2.02.